The quantitative estimate of drug-likeness (QED) is 0.624. The highest BCUT2D eigenvalue weighted by atomic mass is 16.5. The standard InChI is InChI=1S/C19H31N3O/c1-4-12-21-19(20-5-2)22-14-17-7-6-13-23-18(17)16-10-8-15(3)9-11-16/h8-11,17-18H,4-7,12-14H2,1-3H3,(H2,20,21,22). The van der Waals surface area contributed by atoms with E-state index in [1.807, 2.05) is 0 Å². The number of ether oxygens (including phenoxy) is 1. The molecule has 2 atom stereocenters. The second-order valence-electron chi connectivity index (χ2n) is 6.25. The highest BCUT2D eigenvalue weighted by Gasteiger charge is 2.27. The van der Waals surface area contributed by atoms with Crippen molar-refractivity contribution in [3.05, 3.63) is 35.4 Å². The van der Waals surface area contributed by atoms with Crippen molar-refractivity contribution >= 4 is 5.96 Å². The topological polar surface area (TPSA) is 45.7 Å². The lowest BCUT2D eigenvalue weighted by molar-refractivity contribution is -0.0250. The van der Waals surface area contributed by atoms with Gasteiger partial charge in [0.25, 0.3) is 0 Å². The van der Waals surface area contributed by atoms with E-state index in [0.29, 0.717) is 5.92 Å². The molecule has 0 aliphatic carbocycles. The van der Waals surface area contributed by atoms with Gasteiger partial charge in [0, 0.05) is 32.2 Å². The van der Waals surface area contributed by atoms with Crippen LogP contribution < -0.4 is 10.6 Å². The monoisotopic (exact) mass is 317 g/mol. The van der Waals surface area contributed by atoms with Crippen LogP contribution in [0.5, 0.6) is 0 Å². The number of hydrogen-bond acceptors (Lipinski definition) is 2. The van der Waals surface area contributed by atoms with Crippen LogP contribution in [0.4, 0.5) is 0 Å². The minimum absolute atomic E-state index is 0.169. The first kappa shape index (κ1) is 17.8. The maximum absolute atomic E-state index is 6.08. The van der Waals surface area contributed by atoms with Crippen molar-refractivity contribution in [2.45, 2.75) is 46.1 Å². The van der Waals surface area contributed by atoms with E-state index in [1.165, 1.54) is 17.5 Å². The normalized spacial score (nSPS) is 22.0. The van der Waals surface area contributed by atoms with E-state index in [2.05, 4.69) is 55.7 Å². The van der Waals surface area contributed by atoms with Gasteiger partial charge >= 0.3 is 0 Å². The molecule has 2 rings (SSSR count). The number of guanidine groups is 1. The fourth-order valence-corrected chi connectivity index (χ4v) is 2.95. The molecule has 0 aromatic heterocycles. The Bertz CT molecular complexity index is 484. The van der Waals surface area contributed by atoms with Crippen molar-refractivity contribution < 1.29 is 4.74 Å². The van der Waals surface area contributed by atoms with Gasteiger partial charge < -0.3 is 15.4 Å². The zero-order valence-electron chi connectivity index (χ0n) is 14.8. The molecule has 1 aliphatic heterocycles. The van der Waals surface area contributed by atoms with Gasteiger partial charge in [-0.15, -0.1) is 0 Å². The Morgan fingerprint density at radius 2 is 2.00 bits per heavy atom. The van der Waals surface area contributed by atoms with Gasteiger partial charge in [-0.25, -0.2) is 0 Å². The van der Waals surface area contributed by atoms with Gasteiger partial charge in [0.15, 0.2) is 5.96 Å². The van der Waals surface area contributed by atoms with Crippen LogP contribution >= 0.6 is 0 Å². The van der Waals surface area contributed by atoms with E-state index in [0.717, 1.165) is 45.0 Å². The average molecular weight is 317 g/mol. The van der Waals surface area contributed by atoms with E-state index in [9.17, 15) is 0 Å². The summed E-state index contributed by atoms with van der Waals surface area (Å²) in [4.78, 5) is 4.78. The first-order chi connectivity index (χ1) is 11.2. The first-order valence-electron chi connectivity index (χ1n) is 8.95. The summed E-state index contributed by atoms with van der Waals surface area (Å²) in [6.07, 6.45) is 3.57. The lowest BCUT2D eigenvalue weighted by atomic mass is 9.89. The minimum Gasteiger partial charge on any atom is -0.373 e. The van der Waals surface area contributed by atoms with Gasteiger partial charge in [0.05, 0.1) is 6.10 Å². The number of hydrogen-bond donors (Lipinski definition) is 2. The maximum Gasteiger partial charge on any atom is 0.191 e. The molecule has 1 heterocycles. The summed E-state index contributed by atoms with van der Waals surface area (Å²) in [6, 6.07) is 8.73. The third-order valence-corrected chi connectivity index (χ3v) is 4.22. The van der Waals surface area contributed by atoms with Crippen molar-refractivity contribution in [1.29, 1.82) is 0 Å². The Labute approximate surface area is 140 Å². The number of benzene rings is 1. The smallest absolute Gasteiger partial charge is 0.191 e. The predicted molar refractivity (Wildman–Crippen MR) is 96.9 cm³/mol. The molecular weight excluding hydrogens is 286 g/mol. The first-order valence-corrected chi connectivity index (χ1v) is 8.95. The molecule has 4 nitrogen and oxygen atoms in total. The van der Waals surface area contributed by atoms with Crippen LogP contribution in [-0.4, -0.2) is 32.2 Å². The Balaban J connectivity index is 2.03. The largest absolute Gasteiger partial charge is 0.373 e. The van der Waals surface area contributed by atoms with Gasteiger partial charge in [-0.3, -0.25) is 4.99 Å². The Hall–Kier alpha value is -1.55. The Morgan fingerprint density at radius 1 is 1.22 bits per heavy atom. The molecule has 23 heavy (non-hydrogen) atoms. The summed E-state index contributed by atoms with van der Waals surface area (Å²) in [5.74, 6) is 1.37. The lowest BCUT2D eigenvalue weighted by Crippen LogP contribution is -2.38. The molecule has 2 N–H and O–H groups in total. The lowest BCUT2D eigenvalue weighted by Gasteiger charge is -2.31. The fourth-order valence-electron chi connectivity index (χ4n) is 2.95. The second-order valence-corrected chi connectivity index (χ2v) is 6.25. The second kappa shape index (κ2) is 9.56. The molecule has 1 aromatic rings. The summed E-state index contributed by atoms with van der Waals surface area (Å²) >= 11 is 0. The van der Waals surface area contributed by atoms with Gasteiger partial charge in [0.2, 0.25) is 0 Å². The van der Waals surface area contributed by atoms with Crippen LogP contribution in [0, 0.1) is 12.8 Å². The summed E-state index contributed by atoms with van der Waals surface area (Å²) in [5, 5.41) is 6.69. The highest BCUT2D eigenvalue weighted by Crippen LogP contribution is 2.33. The molecule has 128 valence electrons. The molecule has 0 saturated carbocycles. The number of aryl methyl sites for hydroxylation is 1. The molecule has 0 spiro atoms. The summed E-state index contributed by atoms with van der Waals surface area (Å²) < 4.78 is 6.08. The van der Waals surface area contributed by atoms with E-state index in [-0.39, 0.29) is 6.10 Å². The Morgan fingerprint density at radius 3 is 2.70 bits per heavy atom. The molecule has 4 heteroatoms. The van der Waals surface area contributed by atoms with Gasteiger partial charge in [-0.1, -0.05) is 36.8 Å². The predicted octanol–water partition coefficient (Wildman–Crippen LogP) is 3.43. The third kappa shape index (κ3) is 5.54. The maximum atomic E-state index is 6.08. The number of nitrogens with one attached hydrogen (secondary N) is 2. The van der Waals surface area contributed by atoms with E-state index >= 15 is 0 Å². The fraction of sp³-hybridized carbons (Fsp3) is 0.632. The van der Waals surface area contributed by atoms with Crippen molar-refractivity contribution in [1.82, 2.24) is 10.6 Å². The number of aliphatic imine (C=N–C) groups is 1. The molecule has 0 radical (unpaired) electrons. The number of nitrogens with zero attached hydrogens (tertiary/aromatic N) is 1. The van der Waals surface area contributed by atoms with Crippen LogP contribution in [-0.2, 0) is 4.74 Å². The molecule has 0 amide bonds. The van der Waals surface area contributed by atoms with E-state index in [4.69, 9.17) is 9.73 Å². The summed E-state index contributed by atoms with van der Waals surface area (Å²) in [6.45, 7) is 9.88. The van der Waals surface area contributed by atoms with Crippen LogP contribution in [0.15, 0.2) is 29.3 Å². The molecule has 1 fully saturated rings. The van der Waals surface area contributed by atoms with Gasteiger partial charge in [-0.2, -0.15) is 0 Å². The molecule has 1 aliphatic rings. The molecule has 0 bridgehead atoms. The Kier molecular flexibility index (Phi) is 7.40. The van der Waals surface area contributed by atoms with Crippen molar-refractivity contribution in [2.24, 2.45) is 10.9 Å². The van der Waals surface area contributed by atoms with Crippen LogP contribution in [0.1, 0.15) is 50.3 Å². The summed E-state index contributed by atoms with van der Waals surface area (Å²) in [7, 11) is 0. The van der Waals surface area contributed by atoms with E-state index in [1.54, 1.807) is 0 Å². The number of rotatable bonds is 6. The third-order valence-electron chi connectivity index (χ3n) is 4.22. The zero-order valence-corrected chi connectivity index (χ0v) is 14.8. The van der Waals surface area contributed by atoms with Crippen LogP contribution in [0.25, 0.3) is 0 Å². The minimum atomic E-state index is 0.169. The summed E-state index contributed by atoms with van der Waals surface area (Å²) in [5.41, 5.74) is 2.57. The van der Waals surface area contributed by atoms with Crippen molar-refractivity contribution in [3.63, 3.8) is 0 Å². The highest BCUT2D eigenvalue weighted by molar-refractivity contribution is 5.79. The zero-order chi connectivity index (χ0) is 16.5. The van der Waals surface area contributed by atoms with Crippen molar-refractivity contribution in [2.75, 3.05) is 26.2 Å². The average Bonchev–Trinajstić information content (AvgIpc) is 2.58. The van der Waals surface area contributed by atoms with Crippen LogP contribution in [0.2, 0.25) is 0 Å². The van der Waals surface area contributed by atoms with Crippen LogP contribution in [0.3, 0.4) is 0 Å². The molecule has 1 aromatic carbocycles. The SMILES string of the molecule is CCCNC(=NCC1CCCOC1c1ccc(C)cc1)NCC. The molecule has 2 unspecified atom stereocenters. The molecule has 1 saturated heterocycles. The molecular formula is C19H31N3O. The van der Waals surface area contributed by atoms with Gasteiger partial charge in [0.1, 0.15) is 0 Å². The van der Waals surface area contributed by atoms with E-state index < -0.39 is 0 Å². The van der Waals surface area contributed by atoms with Crippen molar-refractivity contribution in [3.8, 4) is 0 Å². The van der Waals surface area contributed by atoms with Gasteiger partial charge in [-0.05, 0) is 38.7 Å².